The standard InChI is InChI=1S/C21H21N3O/c1-16-8-5-6-11-18(16)22-21(25)24-15-14-23-13-7-12-19(23)20(24)17-9-3-2-4-10-17/h2-13,20H,14-15H2,1H3,(H,22,25). The lowest BCUT2D eigenvalue weighted by Gasteiger charge is -2.37. The van der Waals surface area contributed by atoms with Crippen molar-refractivity contribution in [2.45, 2.75) is 19.5 Å². The summed E-state index contributed by atoms with van der Waals surface area (Å²) >= 11 is 0. The SMILES string of the molecule is Cc1ccccc1NC(=O)N1CCn2cccc2C1c1ccccc1. The van der Waals surface area contributed by atoms with Crippen molar-refractivity contribution < 1.29 is 4.79 Å². The Balaban J connectivity index is 1.68. The number of hydrogen-bond donors (Lipinski definition) is 1. The van der Waals surface area contributed by atoms with E-state index in [-0.39, 0.29) is 12.1 Å². The van der Waals surface area contributed by atoms with Gasteiger partial charge in [0, 0.05) is 30.7 Å². The Hall–Kier alpha value is -3.01. The molecule has 2 amide bonds. The molecule has 2 heterocycles. The average molecular weight is 331 g/mol. The maximum absolute atomic E-state index is 13.0. The fourth-order valence-electron chi connectivity index (χ4n) is 3.49. The molecule has 4 nitrogen and oxygen atoms in total. The van der Waals surface area contributed by atoms with Crippen molar-refractivity contribution in [3.63, 3.8) is 0 Å². The van der Waals surface area contributed by atoms with Gasteiger partial charge >= 0.3 is 6.03 Å². The lowest BCUT2D eigenvalue weighted by molar-refractivity contribution is 0.182. The molecule has 0 aliphatic carbocycles. The summed E-state index contributed by atoms with van der Waals surface area (Å²) in [5.41, 5.74) is 4.20. The lowest BCUT2D eigenvalue weighted by atomic mass is 10.0. The second-order valence-corrected chi connectivity index (χ2v) is 6.38. The number of benzene rings is 2. The highest BCUT2D eigenvalue weighted by molar-refractivity contribution is 5.90. The molecule has 0 bridgehead atoms. The van der Waals surface area contributed by atoms with E-state index in [9.17, 15) is 4.79 Å². The summed E-state index contributed by atoms with van der Waals surface area (Å²) in [6.45, 7) is 3.50. The minimum absolute atomic E-state index is 0.0596. The third kappa shape index (κ3) is 2.91. The molecule has 4 heteroatoms. The molecule has 2 aromatic carbocycles. The molecule has 1 atom stereocenters. The highest BCUT2D eigenvalue weighted by Gasteiger charge is 2.32. The van der Waals surface area contributed by atoms with E-state index in [2.05, 4.69) is 34.3 Å². The van der Waals surface area contributed by atoms with Gasteiger partial charge in [-0.15, -0.1) is 0 Å². The fraction of sp³-hybridized carbons (Fsp3) is 0.190. The van der Waals surface area contributed by atoms with Gasteiger partial charge in [-0.1, -0.05) is 48.5 Å². The number of aryl methyl sites for hydroxylation is 1. The first-order valence-electron chi connectivity index (χ1n) is 8.57. The normalized spacial score (nSPS) is 16.4. The van der Waals surface area contributed by atoms with E-state index in [1.54, 1.807) is 0 Å². The van der Waals surface area contributed by atoms with Crippen LogP contribution < -0.4 is 5.32 Å². The largest absolute Gasteiger partial charge is 0.348 e. The van der Waals surface area contributed by atoms with Crippen LogP contribution in [0.2, 0.25) is 0 Å². The number of anilines is 1. The Labute approximate surface area is 147 Å². The number of hydrogen-bond acceptors (Lipinski definition) is 1. The first-order valence-corrected chi connectivity index (χ1v) is 8.57. The van der Waals surface area contributed by atoms with Crippen molar-refractivity contribution in [1.82, 2.24) is 9.47 Å². The summed E-state index contributed by atoms with van der Waals surface area (Å²) in [5, 5.41) is 3.08. The number of nitrogens with one attached hydrogen (secondary N) is 1. The Morgan fingerprint density at radius 2 is 1.72 bits per heavy atom. The molecule has 1 aromatic heterocycles. The number of aromatic nitrogens is 1. The van der Waals surface area contributed by atoms with E-state index in [1.807, 2.05) is 60.4 Å². The van der Waals surface area contributed by atoms with E-state index in [4.69, 9.17) is 0 Å². The number of fused-ring (bicyclic) bond motifs is 1. The molecule has 0 spiro atoms. The van der Waals surface area contributed by atoms with Gasteiger partial charge in [0.1, 0.15) is 0 Å². The fourth-order valence-corrected chi connectivity index (χ4v) is 3.49. The third-order valence-corrected chi connectivity index (χ3v) is 4.80. The molecule has 1 aliphatic rings. The van der Waals surface area contributed by atoms with Crippen LogP contribution in [0.15, 0.2) is 72.9 Å². The predicted octanol–water partition coefficient (Wildman–Crippen LogP) is 4.43. The zero-order valence-electron chi connectivity index (χ0n) is 14.2. The van der Waals surface area contributed by atoms with Gasteiger partial charge in [0.2, 0.25) is 0 Å². The first kappa shape index (κ1) is 15.5. The highest BCUT2D eigenvalue weighted by Crippen LogP contribution is 2.32. The van der Waals surface area contributed by atoms with Gasteiger partial charge in [0.05, 0.1) is 6.04 Å². The van der Waals surface area contributed by atoms with Crippen LogP contribution in [0.5, 0.6) is 0 Å². The van der Waals surface area contributed by atoms with Crippen molar-refractivity contribution >= 4 is 11.7 Å². The number of carbonyl (C=O) groups is 1. The predicted molar refractivity (Wildman–Crippen MR) is 99.6 cm³/mol. The second kappa shape index (κ2) is 6.48. The molecular formula is C21H21N3O. The average Bonchev–Trinajstić information content (AvgIpc) is 3.12. The molecule has 126 valence electrons. The van der Waals surface area contributed by atoms with Crippen LogP contribution in [0.1, 0.15) is 22.9 Å². The summed E-state index contributed by atoms with van der Waals surface area (Å²) < 4.78 is 2.23. The van der Waals surface area contributed by atoms with Crippen LogP contribution in [0, 0.1) is 6.92 Å². The Kier molecular flexibility index (Phi) is 4.02. The quantitative estimate of drug-likeness (QED) is 0.741. The number of urea groups is 1. The molecule has 0 radical (unpaired) electrons. The minimum atomic E-state index is -0.0750. The zero-order chi connectivity index (χ0) is 17.2. The molecular weight excluding hydrogens is 310 g/mol. The molecule has 1 N–H and O–H groups in total. The number of nitrogens with zero attached hydrogens (tertiary/aromatic N) is 2. The van der Waals surface area contributed by atoms with Gasteiger partial charge in [0.15, 0.2) is 0 Å². The number of carbonyl (C=O) groups excluding carboxylic acids is 1. The molecule has 1 unspecified atom stereocenters. The summed E-state index contributed by atoms with van der Waals surface area (Å²) in [5.74, 6) is 0. The first-order chi connectivity index (χ1) is 12.2. The van der Waals surface area contributed by atoms with Crippen LogP contribution in [-0.4, -0.2) is 22.0 Å². The molecule has 25 heavy (non-hydrogen) atoms. The molecule has 3 aromatic rings. The Morgan fingerprint density at radius 1 is 0.960 bits per heavy atom. The van der Waals surface area contributed by atoms with Crippen LogP contribution in [-0.2, 0) is 6.54 Å². The van der Waals surface area contributed by atoms with Gasteiger partial charge in [-0.05, 0) is 36.2 Å². The summed E-state index contributed by atoms with van der Waals surface area (Å²) in [4.78, 5) is 15.0. The van der Waals surface area contributed by atoms with Crippen molar-refractivity contribution in [2.24, 2.45) is 0 Å². The number of amides is 2. The van der Waals surface area contributed by atoms with Crippen LogP contribution >= 0.6 is 0 Å². The Bertz CT molecular complexity index is 885. The van der Waals surface area contributed by atoms with E-state index >= 15 is 0 Å². The maximum Gasteiger partial charge on any atom is 0.322 e. The van der Waals surface area contributed by atoms with Crippen LogP contribution in [0.3, 0.4) is 0 Å². The summed E-state index contributed by atoms with van der Waals surface area (Å²) in [6.07, 6.45) is 2.09. The monoisotopic (exact) mass is 331 g/mol. The zero-order valence-corrected chi connectivity index (χ0v) is 14.2. The molecule has 1 aliphatic heterocycles. The van der Waals surface area contributed by atoms with Crippen molar-refractivity contribution in [3.05, 3.63) is 89.7 Å². The topological polar surface area (TPSA) is 37.3 Å². The van der Waals surface area contributed by atoms with Gasteiger partial charge in [0.25, 0.3) is 0 Å². The number of rotatable bonds is 2. The van der Waals surface area contributed by atoms with E-state index in [0.717, 1.165) is 29.1 Å². The second-order valence-electron chi connectivity index (χ2n) is 6.38. The highest BCUT2D eigenvalue weighted by atomic mass is 16.2. The van der Waals surface area contributed by atoms with Gasteiger partial charge in [-0.2, -0.15) is 0 Å². The van der Waals surface area contributed by atoms with Gasteiger partial charge < -0.3 is 14.8 Å². The van der Waals surface area contributed by atoms with Crippen LogP contribution in [0.4, 0.5) is 10.5 Å². The summed E-state index contributed by atoms with van der Waals surface area (Å²) in [7, 11) is 0. The van der Waals surface area contributed by atoms with Crippen molar-refractivity contribution in [3.8, 4) is 0 Å². The molecule has 0 saturated heterocycles. The van der Waals surface area contributed by atoms with Gasteiger partial charge in [-0.25, -0.2) is 4.79 Å². The molecule has 0 saturated carbocycles. The lowest BCUT2D eigenvalue weighted by Crippen LogP contribution is -2.44. The minimum Gasteiger partial charge on any atom is -0.348 e. The van der Waals surface area contributed by atoms with E-state index in [1.165, 1.54) is 0 Å². The van der Waals surface area contributed by atoms with E-state index < -0.39 is 0 Å². The Morgan fingerprint density at radius 3 is 2.52 bits per heavy atom. The van der Waals surface area contributed by atoms with Gasteiger partial charge in [-0.3, -0.25) is 0 Å². The smallest absolute Gasteiger partial charge is 0.322 e. The van der Waals surface area contributed by atoms with Crippen molar-refractivity contribution in [2.75, 3.05) is 11.9 Å². The summed E-state index contributed by atoms with van der Waals surface area (Å²) in [6, 6.07) is 22.1. The van der Waals surface area contributed by atoms with E-state index in [0.29, 0.717) is 6.54 Å². The molecule has 0 fully saturated rings. The van der Waals surface area contributed by atoms with Crippen LogP contribution in [0.25, 0.3) is 0 Å². The van der Waals surface area contributed by atoms with Crippen molar-refractivity contribution in [1.29, 1.82) is 0 Å². The third-order valence-electron chi connectivity index (χ3n) is 4.80. The molecule has 4 rings (SSSR count). The number of para-hydroxylation sites is 1. The maximum atomic E-state index is 13.0.